The zero-order valence-corrected chi connectivity index (χ0v) is 22.6. The summed E-state index contributed by atoms with van der Waals surface area (Å²) in [5.74, 6) is 0.715. The van der Waals surface area contributed by atoms with Crippen LogP contribution in [0.5, 0.6) is 5.75 Å². The molecule has 6 nitrogen and oxygen atoms in total. The van der Waals surface area contributed by atoms with E-state index >= 15 is 0 Å². The number of ether oxygens (including phenoxy) is 1. The standard InChI is InChI=1S/C29H36N2O4S/c1-21(2)35-27-13-7-11-24(19-27)12-8-18-30-29(32)26-16-14-25(15-17-26)20-31(36(5,33)34)28-22(3)9-6-10-23(28)4/h6-7,9-11,13-17,19,21H,8,12,18,20H2,1-5H3,(H,30,32). The van der Waals surface area contributed by atoms with Crippen LogP contribution in [0.2, 0.25) is 0 Å². The van der Waals surface area contributed by atoms with Gasteiger partial charge in [0, 0.05) is 12.1 Å². The van der Waals surface area contributed by atoms with Gasteiger partial charge in [0.25, 0.3) is 5.91 Å². The number of aryl methyl sites for hydroxylation is 3. The van der Waals surface area contributed by atoms with Crippen LogP contribution in [-0.4, -0.2) is 33.2 Å². The zero-order valence-electron chi connectivity index (χ0n) is 21.7. The van der Waals surface area contributed by atoms with E-state index < -0.39 is 10.0 Å². The van der Waals surface area contributed by atoms with Gasteiger partial charge >= 0.3 is 0 Å². The highest BCUT2D eigenvalue weighted by molar-refractivity contribution is 7.92. The fraction of sp³-hybridized carbons (Fsp3) is 0.345. The van der Waals surface area contributed by atoms with Gasteiger partial charge < -0.3 is 10.1 Å². The molecule has 3 rings (SSSR count). The Labute approximate surface area is 215 Å². The van der Waals surface area contributed by atoms with Crippen LogP contribution in [0, 0.1) is 13.8 Å². The first kappa shape index (κ1) is 27.3. The Morgan fingerprint density at radius 3 is 2.19 bits per heavy atom. The molecule has 1 N–H and O–H groups in total. The van der Waals surface area contributed by atoms with Gasteiger partial charge in [-0.25, -0.2) is 8.42 Å². The molecule has 0 saturated heterocycles. The number of sulfonamides is 1. The fourth-order valence-corrected chi connectivity index (χ4v) is 5.13. The second kappa shape index (κ2) is 12.1. The Bertz CT molecular complexity index is 1260. The lowest BCUT2D eigenvalue weighted by Gasteiger charge is -2.26. The van der Waals surface area contributed by atoms with Gasteiger partial charge in [0.2, 0.25) is 10.0 Å². The molecule has 3 aromatic carbocycles. The molecule has 0 fully saturated rings. The molecule has 0 unspecified atom stereocenters. The van der Waals surface area contributed by atoms with E-state index in [0.29, 0.717) is 17.8 Å². The van der Waals surface area contributed by atoms with Crippen molar-refractivity contribution in [2.24, 2.45) is 0 Å². The number of nitrogens with zero attached hydrogens (tertiary/aromatic N) is 1. The Morgan fingerprint density at radius 1 is 0.944 bits per heavy atom. The summed E-state index contributed by atoms with van der Waals surface area (Å²) in [6.07, 6.45) is 3.00. The topological polar surface area (TPSA) is 75.7 Å². The molecule has 0 aromatic heterocycles. The highest BCUT2D eigenvalue weighted by Crippen LogP contribution is 2.28. The normalized spacial score (nSPS) is 11.4. The number of hydrogen-bond donors (Lipinski definition) is 1. The Balaban J connectivity index is 1.57. The summed E-state index contributed by atoms with van der Waals surface area (Å²) >= 11 is 0. The van der Waals surface area contributed by atoms with Gasteiger partial charge in [-0.15, -0.1) is 0 Å². The third-order valence-corrected chi connectivity index (χ3v) is 6.94. The van der Waals surface area contributed by atoms with Gasteiger partial charge in [0.05, 0.1) is 24.6 Å². The van der Waals surface area contributed by atoms with E-state index in [1.54, 1.807) is 24.3 Å². The fourth-order valence-electron chi connectivity index (χ4n) is 4.13. The summed E-state index contributed by atoms with van der Waals surface area (Å²) in [7, 11) is -3.49. The van der Waals surface area contributed by atoms with Crippen LogP contribution in [0.25, 0.3) is 0 Å². The summed E-state index contributed by atoms with van der Waals surface area (Å²) in [5, 5.41) is 2.96. The van der Waals surface area contributed by atoms with Crippen molar-refractivity contribution in [3.63, 3.8) is 0 Å². The van der Waals surface area contributed by atoms with E-state index in [-0.39, 0.29) is 18.6 Å². The van der Waals surface area contributed by atoms with Crippen LogP contribution in [0.15, 0.2) is 66.7 Å². The van der Waals surface area contributed by atoms with Crippen molar-refractivity contribution in [2.45, 2.75) is 53.2 Å². The maximum Gasteiger partial charge on any atom is 0.251 e. The van der Waals surface area contributed by atoms with Crippen LogP contribution >= 0.6 is 0 Å². The van der Waals surface area contributed by atoms with Crippen molar-refractivity contribution in [2.75, 3.05) is 17.1 Å². The average Bonchev–Trinajstić information content (AvgIpc) is 2.80. The van der Waals surface area contributed by atoms with E-state index in [9.17, 15) is 13.2 Å². The minimum atomic E-state index is -3.49. The minimum Gasteiger partial charge on any atom is -0.491 e. The van der Waals surface area contributed by atoms with Gasteiger partial charge in [-0.2, -0.15) is 0 Å². The van der Waals surface area contributed by atoms with Crippen LogP contribution in [-0.2, 0) is 23.0 Å². The van der Waals surface area contributed by atoms with Crippen molar-refractivity contribution in [3.05, 3.63) is 94.5 Å². The number of anilines is 1. The van der Waals surface area contributed by atoms with Gasteiger partial charge in [0.1, 0.15) is 5.75 Å². The summed E-state index contributed by atoms with van der Waals surface area (Å²) in [4.78, 5) is 12.6. The highest BCUT2D eigenvalue weighted by atomic mass is 32.2. The van der Waals surface area contributed by atoms with Crippen LogP contribution in [0.4, 0.5) is 5.69 Å². The van der Waals surface area contributed by atoms with Gasteiger partial charge in [-0.1, -0.05) is 42.5 Å². The first-order chi connectivity index (χ1) is 17.0. The highest BCUT2D eigenvalue weighted by Gasteiger charge is 2.21. The number of amides is 1. The number of nitrogens with one attached hydrogen (secondary N) is 1. The summed E-state index contributed by atoms with van der Waals surface area (Å²) in [5.41, 5.74) is 5.02. The quantitative estimate of drug-likeness (QED) is 0.351. The monoisotopic (exact) mass is 508 g/mol. The van der Waals surface area contributed by atoms with E-state index in [1.807, 2.05) is 64.1 Å². The summed E-state index contributed by atoms with van der Waals surface area (Å²) < 4.78 is 32.3. The predicted molar refractivity (Wildman–Crippen MR) is 146 cm³/mol. The smallest absolute Gasteiger partial charge is 0.251 e. The molecule has 0 aliphatic carbocycles. The maximum absolute atomic E-state index is 12.6. The molecule has 0 aliphatic heterocycles. The van der Waals surface area contributed by atoms with Crippen molar-refractivity contribution in [1.82, 2.24) is 5.32 Å². The van der Waals surface area contributed by atoms with E-state index in [0.717, 1.165) is 35.3 Å². The molecule has 0 heterocycles. The molecule has 1 amide bonds. The number of hydrogen-bond acceptors (Lipinski definition) is 4. The van der Waals surface area contributed by atoms with Crippen molar-refractivity contribution >= 4 is 21.6 Å². The second-order valence-corrected chi connectivity index (χ2v) is 11.3. The van der Waals surface area contributed by atoms with E-state index in [4.69, 9.17) is 4.74 Å². The largest absolute Gasteiger partial charge is 0.491 e. The molecule has 0 spiro atoms. The molecular formula is C29H36N2O4S. The molecular weight excluding hydrogens is 472 g/mol. The molecule has 7 heteroatoms. The number of rotatable bonds is 11. The zero-order chi connectivity index (χ0) is 26.3. The van der Waals surface area contributed by atoms with Crippen molar-refractivity contribution < 1.29 is 17.9 Å². The molecule has 36 heavy (non-hydrogen) atoms. The first-order valence-electron chi connectivity index (χ1n) is 12.2. The van der Waals surface area contributed by atoms with Gasteiger partial charge in [-0.05, 0) is 87.1 Å². The lowest BCUT2D eigenvalue weighted by molar-refractivity contribution is 0.0953. The SMILES string of the molecule is Cc1cccc(C)c1N(Cc1ccc(C(=O)NCCCc2cccc(OC(C)C)c2)cc1)S(C)(=O)=O. The lowest BCUT2D eigenvalue weighted by Crippen LogP contribution is -2.30. The molecule has 0 atom stereocenters. The average molecular weight is 509 g/mol. The molecule has 0 aliphatic rings. The second-order valence-electron chi connectivity index (χ2n) is 9.38. The Hall–Kier alpha value is -3.32. The predicted octanol–water partition coefficient (Wildman–Crippen LogP) is 5.42. The number of para-hydroxylation sites is 1. The number of carbonyl (C=O) groups excluding carboxylic acids is 1. The van der Waals surface area contributed by atoms with E-state index in [1.165, 1.54) is 16.1 Å². The third-order valence-electron chi connectivity index (χ3n) is 5.83. The molecule has 0 bridgehead atoms. The third kappa shape index (κ3) is 7.59. The minimum absolute atomic E-state index is 0.131. The van der Waals surface area contributed by atoms with Gasteiger partial charge in [0.15, 0.2) is 0 Å². The summed E-state index contributed by atoms with van der Waals surface area (Å²) in [6, 6.07) is 20.9. The Morgan fingerprint density at radius 2 is 1.58 bits per heavy atom. The van der Waals surface area contributed by atoms with Gasteiger partial charge in [-0.3, -0.25) is 9.10 Å². The molecule has 0 saturated carbocycles. The maximum atomic E-state index is 12.6. The van der Waals surface area contributed by atoms with Crippen molar-refractivity contribution in [1.29, 1.82) is 0 Å². The number of carbonyl (C=O) groups is 1. The lowest BCUT2D eigenvalue weighted by atomic mass is 10.1. The first-order valence-corrected chi connectivity index (χ1v) is 14.1. The van der Waals surface area contributed by atoms with Crippen molar-refractivity contribution in [3.8, 4) is 5.75 Å². The Kier molecular flexibility index (Phi) is 9.15. The van der Waals surface area contributed by atoms with E-state index in [2.05, 4.69) is 11.4 Å². The number of benzene rings is 3. The van der Waals surface area contributed by atoms with Crippen LogP contribution < -0.4 is 14.4 Å². The molecule has 192 valence electrons. The molecule has 0 radical (unpaired) electrons. The van der Waals surface area contributed by atoms with Crippen LogP contribution in [0.1, 0.15) is 52.9 Å². The summed E-state index contributed by atoms with van der Waals surface area (Å²) in [6.45, 7) is 8.58. The molecule has 3 aromatic rings. The van der Waals surface area contributed by atoms with Crippen LogP contribution in [0.3, 0.4) is 0 Å².